The third-order valence-corrected chi connectivity index (χ3v) is 3.52. The van der Waals surface area contributed by atoms with E-state index in [1.165, 1.54) is 19.2 Å². The Morgan fingerprint density at radius 1 is 1.33 bits per heavy atom. The molecule has 0 radical (unpaired) electrons. The smallest absolute Gasteiger partial charge is 0.303 e. The highest BCUT2D eigenvalue weighted by Crippen LogP contribution is 2.14. The first kappa shape index (κ1) is 16.9. The van der Waals surface area contributed by atoms with Gasteiger partial charge in [-0.25, -0.2) is 0 Å². The average Bonchev–Trinajstić information content (AvgIpc) is 2.92. The van der Waals surface area contributed by atoms with Crippen LogP contribution in [-0.2, 0) is 4.79 Å². The van der Waals surface area contributed by atoms with Gasteiger partial charge in [0.2, 0.25) is 0 Å². The number of ketones is 1. The van der Waals surface area contributed by atoms with Crippen molar-refractivity contribution in [3.8, 4) is 0 Å². The van der Waals surface area contributed by atoms with Crippen LogP contribution >= 0.6 is 0 Å². The standard InChI is InChI=1S/C15H22N2O4/c1-3-11(4-5-14(19)20)6-7-16-15(21)13-8-12(9-17-13)10(2)18/h8-9,11,17H,3-7H2,1-2H3,(H,16,21)(H,19,20). The van der Waals surface area contributed by atoms with Crippen LogP contribution in [0.25, 0.3) is 0 Å². The minimum absolute atomic E-state index is 0.0926. The summed E-state index contributed by atoms with van der Waals surface area (Å²) in [6.45, 7) is 3.95. The molecule has 0 aromatic carbocycles. The number of carbonyl (C=O) groups excluding carboxylic acids is 2. The highest BCUT2D eigenvalue weighted by Gasteiger charge is 2.12. The van der Waals surface area contributed by atoms with Crippen molar-refractivity contribution >= 4 is 17.7 Å². The predicted octanol–water partition coefficient (Wildman–Crippen LogP) is 2.23. The van der Waals surface area contributed by atoms with E-state index in [2.05, 4.69) is 10.3 Å². The van der Waals surface area contributed by atoms with E-state index >= 15 is 0 Å². The molecule has 3 N–H and O–H groups in total. The highest BCUT2D eigenvalue weighted by molar-refractivity contribution is 5.99. The number of hydrogen-bond donors (Lipinski definition) is 3. The van der Waals surface area contributed by atoms with Gasteiger partial charge in [0.25, 0.3) is 5.91 Å². The number of carboxylic acid groups (broad SMARTS) is 1. The second-order valence-corrected chi connectivity index (χ2v) is 5.11. The first-order chi connectivity index (χ1) is 9.93. The molecule has 1 aromatic rings. The van der Waals surface area contributed by atoms with Gasteiger partial charge in [-0.15, -0.1) is 0 Å². The molecule has 1 rings (SSSR count). The Kier molecular flexibility index (Phi) is 6.65. The van der Waals surface area contributed by atoms with Gasteiger partial charge in [0, 0.05) is 24.7 Å². The second kappa shape index (κ2) is 8.24. The first-order valence-electron chi connectivity index (χ1n) is 7.13. The molecule has 0 aliphatic heterocycles. The molecular weight excluding hydrogens is 272 g/mol. The fraction of sp³-hybridized carbons (Fsp3) is 0.533. The van der Waals surface area contributed by atoms with Gasteiger partial charge in [-0.3, -0.25) is 14.4 Å². The topological polar surface area (TPSA) is 99.3 Å². The lowest BCUT2D eigenvalue weighted by Gasteiger charge is -2.13. The van der Waals surface area contributed by atoms with Crippen LogP contribution in [0.5, 0.6) is 0 Å². The highest BCUT2D eigenvalue weighted by atomic mass is 16.4. The van der Waals surface area contributed by atoms with Crippen LogP contribution in [0.1, 0.15) is 60.4 Å². The van der Waals surface area contributed by atoms with Crippen molar-refractivity contribution in [2.75, 3.05) is 6.54 Å². The minimum Gasteiger partial charge on any atom is -0.481 e. The number of rotatable bonds is 9. The number of aromatic amines is 1. The molecule has 116 valence electrons. The van der Waals surface area contributed by atoms with Crippen molar-refractivity contribution < 1.29 is 19.5 Å². The van der Waals surface area contributed by atoms with Crippen molar-refractivity contribution in [1.29, 1.82) is 0 Å². The molecule has 0 aliphatic rings. The maximum Gasteiger partial charge on any atom is 0.303 e. The number of Topliss-reactive ketones (excluding diaryl/α,β-unsaturated/α-hetero) is 1. The molecule has 0 bridgehead atoms. The van der Waals surface area contributed by atoms with Crippen LogP contribution < -0.4 is 5.32 Å². The summed E-state index contributed by atoms with van der Waals surface area (Å²) >= 11 is 0. The Bertz CT molecular complexity index is 508. The van der Waals surface area contributed by atoms with Gasteiger partial charge in [0.05, 0.1) is 0 Å². The van der Waals surface area contributed by atoms with E-state index in [9.17, 15) is 14.4 Å². The van der Waals surface area contributed by atoms with Gasteiger partial charge in [-0.2, -0.15) is 0 Å². The summed E-state index contributed by atoms with van der Waals surface area (Å²) < 4.78 is 0. The van der Waals surface area contributed by atoms with Crippen LogP contribution in [-0.4, -0.2) is 34.3 Å². The van der Waals surface area contributed by atoms with E-state index in [-0.39, 0.29) is 24.0 Å². The molecule has 0 fully saturated rings. The second-order valence-electron chi connectivity index (χ2n) is 5.11. The van der Waals surface area contributed by atoms with Gasteiger partial charge in [-0.05, 0) is 31.7 Å². The van der Waals surface area contributed by atoms with E-state index in [1.54, 1.807) is 0 Å². The largest absolute Gasteiger partial charge is 0.481 e. The summed E-state index contributed by atoms with van der Waals surface area (Å²) in [6.07, 6.45) is 3.93. The number of carbonyl (C=O) groups is 3. The normalized spacial score (nSPS) is 11.9. The molecule has 0 saturated carbocycles. The SMILES string of the molecule is CCC(CCNC(=O)c1cc(C(C)=O)c[nH]1)CCC(=O)O. The van der Waals surface area contributed by atoms with Gasteiger partial charge in [-0.1, -0.05) is 13.3 Å². The molecule has 1 unspecified atom stereocenters. The van der Waals surface area contributed by atoms with Crippen molar-refractivity contribution in [2.45, 2.75) is 39.5 Å². The van der Waals surface area contributed by atoms with E-state index in [4.69, 9.17) is 5.11 Å². The molecular formula is C15H22N2O4. The minimum atomic E-state index is -0.791. The lowest BCUT2D eigenvalue weighted by atomic mass is 9.96. The third-order valence-electron chi connectivity index (χ3n) is 3.52. The number of carboxylic acids is 1. The Balaban J connectivity index is 2.37. The van der Waals surface area contributed by atoms with E-state index in [0.717, 1.165) is 12.8 Å². The van der Waals surface area contributed by atoms with Crippen molar-refractivity contribution in [2.24, 2.45) is 5.92 Å². The molecule has 0 saturated heterocycles. The zero-order valence-electron chi connectivity index (χ0n) is 12.4. The fourth-order valence-electron chi connectivity index (χ4n) is 2.09. The predicted molar refractivity (Wildman–Crippen MR) is 78.4 cm³/mol. The summed E-state index contributed by atoms with van der Waals surface area (Å²) in [5.74, 6) is -0.848. The summed E-state index contributed by atoms with van der Waals surface area (Å²) in [5.41, 5.74) is 0.840. The number of aromatic nitrogens is 1. The van der Waals surface area contributed by atoms with Crippen LogP contribution in [0.4, 0.5) is 0 Å². The number of aliphatic carboxylic acids is 1. The van der Waals surface area contributed by atoms with Gasteiger partial charge in [0.15, 0.2) is 5.78 Å². The van der Waals surface area contributed by atoms with E-state index in [1.807, 2.05) is 6.92 Å². The van der Waals surface area contributed by atoms with Crippen molar-refractivity contribution in [3.63, 3.8) is 0 Å². The molecule has 1 amide bonds. The summed E-state index contributed by atoms with van der Waals surface area (Å²) in [7, 11) is 0. The zero-order valence-corrected chi connectivity index (χ0v) is 12.4. The number of hydrogen-bond acceptors (Lipinski definition) is 3. The fourth-order valence-corrected chi connectivity index (χ4v) is 2.09. The number of amides is 1. The number of nitrogens with one attached hydrogen (secondary N) is 2. The van der Waals surface area contributed by atoms with Gasteiger partial charge in [0.1, 0.15) is 5.69 Å². The number of H-pyrrole nitrogens is 1. The summed E-state index contributed by atoms with van der Waals surface area (Å²) in [4.78, 5) is 36.3. The molecule has 1 aromatic heterocycles. The van der Waals surface area contributed by atoms with Crippen LogP contribution in [0.2, 0.25) is 0 Å². The zero-order chi connectivity index (χ0) is 15.8. The van der Waals surface area contributed by atoms with Crippen LogP contribution in [0.15, 0.2) is 12.3 Å². The molecule has 21 heavy (non-hydrogen) atoms. The quantitative estimate of drug-likeness (QED) is 0.608. The van der Waals surface area contributed by atoms with Gasteiger partial charge < -0.3 is 15.4 Å². The molecule has 6 heteroatoms. The van der Waals surface area contributed by atoms with Crippen molar-refractivity contribution in [1.82, 2.24) is 10.3 Å². The maximum atomic E-state index is 11.9. The summed E-state index contributed by atoms with van der Waals surface area (Å²) in [5, 5.41) is 11.4. The molecule has 1 heterocycles. The lowest BCUT2D eigenvalue weighted by molar-refractivity contribution is -0.137. The molecule has 1 atom stereocenters. The Morgan fingerprint density at radius 2 is 2.05 bits per heavy atom. The van der Waals surface area contributed by atoms with E-state index < -0.39 is 5.97 Å². The monoisotopic (exact) mass is 294 g/mol. The van der Waals surface area contributed by atoms with Crippen molar-refractivity contribution in [3.05, 3.63) is 23.5 Å². The summed E-state index contributed by atoms with van der Waals surface area (Å²) in [6, 6.07) is 1.53. The lowest BCUT2D eigenvalue weighted by Crippen LogP contribution is -2.26. The average molecular weight is 294 g/mol. The molecule has 0 aliphatic carbocycles. The third kappa shape index (κ3) is 5.81. The Hall–Kier alpha value is -2.11. The van der Waals surface area contributed by atoms with Gasteiger partial charge >= 0.3 is 5.97 Å². The first-order valence-corrected chi connectivity index (χ1v) is 7.13. The Morgan fingerprint density at radius 3 is 2.57 bits per heavy atom. The molecule has 6 nitrogen and oxygen atoms in total. The van der Waals surface area contributed by atoms with Crippen LogP contribution in [0.3, 0.4) is 0 Å². The maximum absolute atomic E-state index is 11.9. The Labute approximate surface area is 123 Å². The van der Waals surface area contributed by atoms with E-state index in [0.29, 0.717) is 24.2 Å². The van der Waals surface area contributed by atoms with Crippen LogP contribution in [0, 0.1) is 5.92 Å². The molecule has 0 spiro atoms.